The van der Waals surface area contributed by atoms with Gasteiger partial charge in [-0.25, -0.2) is 4.98 Å². The van der Waals surface area contributed by atoms with Gasteiger partial charge >= 0.3 is 0 Å². The maximum atomic E-state index is 13.0. The summed E-state index contributed by atoms with van der Waals surface area (Å²) in [5.41, 5.74) is 4.08. The van der Waals surface area contributed by atoms with Crippen molar-refractivity contribution in [2.75, 3.05) is 6.79 Å². The highest BCUT2D eigenvalue weighted by molar-refractivity contribution is 5.78. The first-order valence-corrected chi connectivity index (χ1v) is 10.8. The SMILES string of the molecule is Cc1ccn2c(C(CC(=O)NC3CCCCC3)c3ccc4c(c3)OCO4)cnc2c1. The minimum absolute atomic E-state index is 0.0895. The zero-order chi connectivity index (χ0) is 20.5. The summed E-state index contributed by atoms with van der Waals surface area (Å²) < 4.78 is 13.1. The molecule has 1 fully saturated rings. The molecule has 0 bridgehead atoms. The van der Waals surface area contributed by atoms with Crippen molar-refractivity contribution in [3.63, 3.8) is 0 Å². The molecule has 1 unspecified atom stereocenters. The summed E-state index contributed by atoms with van der Waals surface area (Å²) in [6, 6.07) is 10.4. The topological polar surface area (TPSA) is 64.9 Å². The zero-order valence-electron chi connectivity index (χ0n) is 17.3. The van der Waals surface area contributed by atoms with E-state index in [0.717, 1.165) is 46.8 Å². The van der Waals surface area contributed by atoms with Crippen LogP contribution in [0.5, 0.6) is 11.5 Å². The summed E-state index contributed by atoms with van der Waals surface area (Å²) in [4.78, 5) is 17.6. The monoisotopic (exact) mass is 405 g/mol. The third-order valence-electron chi connectivity index (χ3n) is 6.21. The molecule has 0 radical (unpaired) electrons. The van der Waals surface area contributed by atoms with E-state index < -0.39 is 0 Å². The molecule has 1 saturated carbocycles. The number of hydrogen-bond donors (Lipinski definition) is 1. The van der Waals surface area contributed by atoms with Gasteiger partial charge in [0.1, 0.15) is 5.65 Å². The Morgan fingerprint density at radius 1 is 1.17 bits per heavy atom. The lowest BCUT2D eigenvalue weighted by Crippen LogP contribution is -2.37. The Morgan fingerprint density at radius 2 is 2.00 bits per heavy atom. The second-order valence-corrected chi connectivity index (χ2v) is 8.39. The van der Waals surface area contributed by atoms with Gasteiger partial charge in [0.2, 0.25) is 12.7 Å². The fourth-order valence-electron chi connectivity index (χ4n) is 4.60. The quantitative estimate of drug-likeness (QED) is 0.686. The molecule has 1 N–H and O–H groups in total. The molecule has 2 aromatic heterocycles. The Hall–Kier alpha value is -3.02. The van der Waals surface area contributed by atoms with Crippen LogP contribution in [0.2, 0.25) is 0 Å². The number of aromatic nitrogens is 2. The van der Waals surface area contributed by atoms with Crippen LogP contribution in [0.3, 0.4) is 0 Å². The Kier molecular flexibility index (Phi) is 5.07. The Balaban J connectivity index is 1.47. The lowest BCUT2D eigenvalue weighted by Gasteiger charge is -2.24. The molecule has 156 valence electrons. The molecule has 2 aliphatic rings. The molecule has 6 heteroatoms. The van der Waals surface area contributed by atoms with Gasteiger partial charge in [0, 0.05) is 30.8 Å². The first kappa shape index (κ1) is 19.0. The zero-order valence-corrected chi connectivity index (χ0v) is 17.3. The predicted molar refractivity (Wildman–Crippen MR) is 114 cm³/mol. The van der Waals surface area contributed by atoms with Crippen molar-refractivity contribution >= 4 is 11.6 Å². The van der Waals surface area contributed by atoms with Crippen LogP contribution in [-0.2, 0) is 4.79 Å². The smallest absolute Gasteiger partial charge is 0.231 e. The summed E-state index contributed by atoms with van der Waals surface area (Å²) in [5, 5.41) is 3.27. The van der Waals surface area contributed by atoms with E-state index in [1.54, 1.807) is 0 Å². The first-order chi connectivity index (χ1) is 14.7. The maximum Gasteiger partial charge on any atom is 0.231 e. The number of carbonyl (C=O) groups excluding carboxylic acids is 1. The van der Waals surface area contributed by atoms with E-state index in [1.807, 2.05) is 30.6 Å². The van der Waals surface area contributed by atoms with E-state index in [2.05, 4.69) is 33.8 Å². The summed E-state index contributed by atoms with van der Waals surface area (Å²) in [7, 11) is 0. The molecule has 1 atom stereocenters. The van der Waals surface area contributed by atoms with Gasteiger partial charge in [-0.1, -0.05) is 25.3 Å². The van der Waals surface area contributed by atoms with Crippen LogP contribution in [0.4, 0.5) is 0 Å². The van der Waals surface area contributed by atoms with E-state index >= 15 is 0 Å². The van der Waals surface area contributed by atoms with Gasteiger partial charge in [-0.15, -0.1) is 0 Å². The second kappa shape index (κ2) is 8.01. The predicted octanol–water partition coefficient (Wildman–Crippen LogP) is 4.34. The lowest BCUT2D eigenvalue weighted by molar-refractivity contribution is -0.122. The molecule has 3 heterocycles. The van der Waals surface area contributed by atoms with E-state index in [0.29, 0.717) is 12.5 Å². The summed E-state index contributed by atoms with van der Waals surface area (Å²) in [6.45, 7) is 2.29. The molecule has 3 aromatic rings. The highest BCUT2D eigenvalue weighted by Gasteiger charge is 2.26. The molecule has 1 aliphatic heterocycles. The molecule has 5 rings (SSSR count). The number of amides is 1. The minimum atomic E-state index is -0.124. The fraction of sp³-hybridized carbons (Fsp3) is 0.417. The Bertz CT molecular complexity index is 1070. The molecular formula is C24H27N3O3. The van der Waals surface area contributed by atoms with Crippen molar-refractivity contribution in [3.8, 4) is 11.5 Å². The number of benzene rings is 1. The number of pyridine rings is 1. The van der Waals surface area contributed by atoms with Gasteiger partial charge in [-0.2, -0.15) is 0 Å². The van der Waals surface area contributed by atoms with Crippen molar-refractivity contribution in [3.05, 3.63) is 59.5 Å². The van der Waals surface area contributed by atoms with E-state index in [9.17, 15) is 4.79 Å². The highest BCUT2D eigenvalue weighted by atomic mass is 16.7. The van der Waals surface area contributed by atoms with Crippen molar-refractivity contribution in [2.24, 2.45) is 0 Å². The largest absolute Gasteiger partial charge is 0.454 e. The van der Waals surface area contributed by atoms with E-state index in [1.165, 1.54) is 19.3 Å². The van der Waals surface area contributed by atoms with Crippen LogP contribution in [-0.4, -0.2) is 28.1 Å². The van der Waals surface area contributed by atoms with Gasteiger partial charge in [0.05, 0.1) is 5.69 Å². The summed E-state index contributed by atoms with van der Waals surface area (Å²) >= 11 is 0. The summed E-state index contributed by atoms with van der Waals surface area (Å²) in [6.07, 6.45) is 10.1. The van der Waals surface area contributed by atoms with Crippen LogP contribution in [0, 0.1) is 6.92 Å². The fourth-order valence-corrected chi connectivity index (χ4v) is 4.60. The normalized spacial score (nSPS) is 17.2. The van der Waals surface area contributed by atoms with Crippen molar-refractivity contribution < 1.29 is 14.3 Å². The van der Waals surface area contributed by atoms with Gasteiger partial charge in [-0.05, 0) is 55.2 Å². The number of fused-ring (bicyclic) bond motifs is 2. The van der Waals surface area contributed by atoms with Crippen LogP contribution in [0.25, 0.3) is 5.65 Å². The number of carbonyl (C=O) groups is 1. The lowest BCUT2D eigenvalue weighted by atomic mass is 9.91. The molecule has 0 spiro atoms. The van der Waals surface area contributed by atoms with Gasteiger partial charge in [-0.3, -0.25) is 4.79 Å². The highest BCUT2D eigenvalue weighted by Crippen LogP contribution is 2.38. The average molecular weight is 405 g/mol. The number of imidazole rings is 1. The van der Waals surface area contributed by atoms with Gasteiger partial charge < -0.3 is 19.2 Å². The van der Waals surface area contributed by atoms with Gasteiger partial charge in [0.15, 0.2) is 11.5 Å². The van der Waals surface area contributed by atoms with Crippen molar-refractivity contribution in [1.29, 1.82) is 0 Å². The molecule has 1 aliphatic carbocycles. The Morgan fingerprint density at radius 3 is 2.87 bits per heavy atom. The van der Waals surface area contributed by atoms with Crippen molar-refractivity contribution in [1.82, 2.24) is 14.7 Å². The van der Waals surface area contributed by atoms with Crippen LogP contribution < -0.4 is 14.8 Å². The van der Waals surface area contributed by atoms with Crippen LogP contribution in [0.1, 0.15) is 61.3 Å². The van der Waals surface area contributed by atoms with Crippen LogP contribution >= 0.6 is 0 Å². The minimum Gasteiger partial charge on any atom is -0.454 e. The van der Waals surface area contributed by atoms with Crippen LogP contribution in [0.15, 0.2) is 42.7 Å². The molecule has 1 amide bonds. The second-order valence-electron chi connectivity index (χ2n) is 8.39. The van der Waals surface area contributed by atoms with E-state index in [4.69, 9.17) is 9.47 Å². The number of rotatable bonds is 5. The average Bonchev–Trinajstić information content (AvgIpc) is 3.38. The number of aryl methyl sites for hydroxylation is 1. The molecule has 30 heavy (non-hydrogen) atoms. The first-order valence-electron chi connectivity index (χ1n) is 10.8. The summed E-state index contributed by atoms with van der Waals surface area (Å²) in [5.74, 6) is 1.44. The standard InChI is InChI=1S/C24H27N3O3/c1-16-9-10-27-20(14-25-23(27)11-16)19(13-24(28)26-18-5-3-2-4-6-18)17-7-8-21-22(12-17)30-15-29-21/h7-12,14,18-19H,2-6,13,15H2,1H3,(H,26,28). The number of hydrogen-bond acceptors (Lipinski definition) is 4. The number of ether oxygens (including phenoxy) is 2. The number of nitrogens with zero attached hydrogens (tertiary/aromatic N) is 2. The molecule has 0 saturated heterocycles. The molecule has 1 aromatic carbocycles. The third kappa shape index (κ3) is 3.74. The van der Waals surface area contributed by atoms with Crippen molar-refractivity contribution in [2.45, 2.75) is 57.4 Å². The molecule has 6 nitrogen and oxygen atoms in total. The maximum absolute atomic E-state index is 13.0. The third-order valence-corrected chi connectivity index (χ3v) is 6.21. The van der Waals surface area contributed by atoms with E-state index in [-0.39, 0.29) is 18.6 Å². The Labute approximate surface area is 176 Å². The molecular weight excluding hydrogens is 378 g/mol. The van der Waals surface area contributed by atoms with Gasteiger partial charge in [0.25, 0.3) is 0 Å². The number of nitrogens with one attached hydrogen (secondary N) is 1.